The molecule has 0 aliphatic heterocycles. The molecule has 1 aromatic rings. The third kappa shape index (κ3) is 5.15. The topological polar surface area (TPSA) is 35.2 Å². The third-order valence-electron chi connectivity index (χ3n) is 3.85. The Labute approximate surface area is 125 Å². The van der Waals surface area contributed by atoms with Crippen molar-refractivity contribution in [2.45, 2.75) is 46.6 Å². The van der Waals surface area contributed by atoms with E-state index in [0.717, 1.165) is 23.1 Å². The van der Waals surface area contributed by atoms with E-state index in [9.17, 15) is 0 Å². The Hall–Kier alpha value is -0.540. The molecule has 2 unspecified atom stereocenters. The van der Waals surface area contributed by atoms with E-state index in [1.165, 1.54) is 5.56 Å². The number of halogens is 1. The van der Waals surface area contributed by atoms with E-state index in [0.29, 0.717) is 11.3 Å². The molecular formula is C16H26BrNO. The summed E-state index contributed by atoms with van der Waals surface area (Å²) in [7, 11) is 1.68. The molecule has 0 radical (unpaired) electrons. The molecule has 3 heteroatoms. The molecule has 0 aliphatic rings. The van der Waals surface area contributed by atoms with Gasteiger partial charge in [0.2, 0.25) is 0 Å². The van der Waals surface area contributed by atoms with Crippen molar-refractivity contribution in [3.63, 3.8) is 0 Å². The second-order valence-corrected chi connectivity index (χ2v) is 7.29. The second-order valence-electron chi connectivity index (χ2n) is 6.44. The van der Waals surface area contributed by atoms with Crippen molar-refractivity contribution in [1.82, 2.24) is 0 Å². The lowest BCUT2D eigenvalue weighted by molar-refractivity contribution is 0.233. The van der Waals surface area contributed by atoms with Crippen molar-refractivity contribution >= 4 is 15.9 Å². The van der Waals surface area contributed by atoms with Crippen molar-refractivity contribution in [1.29, 1.82) is 0 Å². The minimum atomic E-state index is 0.203. The zero-order chi connectivity index (χ0) is 14.6. The highest BCUT2D eigenvalue weighted by atomic mass is 79.9. The second kappa shape index (κ2) is 6.76. The van der Waals surface area contributed by atoms with Crippen LogP contribution in [0.4, 0.5) is 0 Å². The van der Waals surface area contributed by atoms with Gasteiger partial charge in [-0.2, -0.15) is 0 Å². The number of hydrogen-bond donors (Lipinski definition) is 1. The lowest BCUT2D eigenvalue weighted by Gasteiger charge is -2.29. The van der Waals surface area contributed by atoms with Gasteiger partial charge in [0, 0.05) is 6.04 Å². The van der Waals surface area contributed by atoms with Crippen LogP contribution in [0.25, 0.3) is 0 Å². The summed E-state index contributed by atoms with van der Waals surface area (Å²) in [5, 5.41) is 0. The Morgan fingerprint density at radius 1 is 1.32 bits per heavy atom. The number of ether oxygens (including phenoxy) is 1. The summed E-state index contributed by atoms with van der Waals surface area (Å²) in [4.78, 5) is 0. The van der Waals surface area contributed by atoms with Crippen LogP contribution in [0.1, 0.15) is 39.7 Å². The summed E-state index contributed by atoms with van der Waals surface area (Å²) in [6.07, 6.45) is 1.95. The van der Waals surface area contributed by atoms with Crippen LogP contribution in [0.2, 0.25) is 0 Å². The van der Waals surface area contributed by atoms with Gasteiger partial charge in [0.05, 0.1) is 11.6 Å². The van der Waals surface area contributed by atoms with E-state index >= 15 is 0 Å². The zero-order valence-electron chi connectivity index (χ0n) is 12.7. The molecule has 1 rings (SSSR count). The summed E-state index contributed by atoms with van der Waals surface area (Å²) < 4.78 is 6.23. The first-order chi connectivity index (χ1) is 8.74. The molecule has 0 aromatic heterocycles. The van der Waals surface area contributed by atoms with Crippen LogP contribution in [0, 0.1) is 11.3 Å². The van der Waals surface area contributed by atoms with E-state index < -0.39 is 0 Å². The van der Waals surface area contributed by atoms with Crippen molar-refractivity contribution in [2.75, 3.05) is 7.11 Å². The van der Waals surface area contributed by atoms with E-state index in [2.05, 4.69) is 55.8 Å². The highest BCUT2D eigenvalue weighted by Crippen LogP contribution is 2.30. The average Bonchev–Trinajstić information content (AvgIpc) is 2.27. The monoisotopic (exact) mass is 327 g/mol. The van der Waals surface area contributed by atoms with E-state index in [-0.39, 0.29) is 6.04 Å². The normalized spacial score (nSPS) is 15.1. The molecule has 0 heterocycles. The number of benzene rings is 1. The van der Waals surface area contributed by atoms with Gasteiger partial charge in [-0.3, -0.25) is 0 Å². The largest absolute Gasteiger partial charge is 0.496 e. The molecule has 2 atom stereocenters. The molecule has 0 saturated heterocycles. The van der Waals surface area contributed by atoms with Crippen molar-refractivity contribution in [3.8, 4) is 5.75 Å². The molecule has 19 heavy (non-hydrogen) atoms. The van der Waals surface area contributed by atoms with Crippen molar-refractivity contribution in [3.05, 3.63) is 28.2 Å². The Morgan fingerprint density at radius 3 is 2.42 bits per heavy atom. The lowest BCUT2D eigenvalue weighted by atomic mass is 9.78. The van der Waals surface area contributed by atoms with E-state index in [1.807, 2.05) is 6.07 Å². The molecular weight excluding hydrogens is 302 g/mol. The highest BCUT2D eigenvalue weighted by molar-refractivity contribution is 9.10. The number of hydrogen-bond acceptors (Lipinski definition) is 2. The molecule has 0 saturated carbocycles. The van der Waals surface area contributed by atoms with Crippen molar-refractivity contribution < 1.29 is 4.74 Å². The van der Waals surface area contributed by atoms with Crippen LogP contribution in [0.3, 0.4) is 0 Å². The van der Waals surface area contributed by atoms with Gasteiger partial charge in [-0.1, -0.05) is 33.8 Å². The quantitative estimate of drug-likeness (QED) is 0.869. The van der Waals surface area contributed by atoms with Crippen LogP contribution >= 0.6 is 15.9 Å². The number of rotatable bonds is 5. The minimum Gasteiger partial charge on any atom is -0.496 e. The van der Waals surface area contributed by atoms with Gasteiger partial charge in [0.1, 0.15) is 5.75 Å². The first-order valence-corrected chi connectivity index (χ1v) is 7.61. The smallest absolute Gasteiger partial charge is 0.133 e. The fourth-order valence-electron chi connectivity index (χ4n) is 2.03. The van der Waals surface area contributed by atoms with Crippen LogP contribution < -0.4 is 10.5 Å². The highest BCUT2D eigenvalue weighted by Gasteiger charge is 2.22. The first-order valence-electron chi connectivity index (χ1n) is 6.82. The van der Waals surface area contributed by atoms with Gasteiger partial charge in [-0.15, -0.1) is 0 Å². The molecule has 0 bridgehead atoms. The van der Waals surface area contributed by atoms with Gasteiger partial charge in [-0.25, -0.2) is 0 Å². The lowest BCUT2D eigenvalue weighted by Crippen LogP contribution is -2.30. The Kier molecular flexibility index (Phi) is 5.87. The fourth-order valence-corrected chi connectivity index (χ4v) is 2.62. The van der Waals surface area contributed by atoms with Crippen LogP contribution in [0.5, 0.6) is 5.75 Å². The summed E-state index contributed by atoms with van der Waals surface area (Å²) in [5.74, 6) is 1.48. The van der Waals surface area contributed by atoms with Crippen LogP contribution in [-0.2, 0) is 6.42 Å². The zero-order valence-corrected chi connectivity index (χ0v) is 14.3. The standard InChI is InChI=1S/C16H26BrNO/c1-11(16(2,3)4)8-13(18)9-12-6-7-15(19-5)14(17)10-12/h6-7,10-11,13H,8-9,18H2,1-5H3. The molecule has 0 aliphatic carbocycles. The van der Waals surface area contributed by atoms with Gasteiger partial charge in [0.25, 0.3) is 0 Å². The summed E-state index contributed by atoms with van der Waals surface area (Å²) >= 11 is 3.51. The first kappa shape index (κ1) is 16.5. The molecule has 0 amide bonds. The van der Waals surface area contributed by atoms with Gasteiger partial charge in [-0.05, 0) is 57.8 Å². The summed E-state index contributed by atoms with van der Waals surface area (Å²) in [6.45, 7) is 9.10. The molecule has 108 valence electrons. The SMILES string of the molecule is COc1ccc(CC(N)CC(C)C(C)(C)C)cc1Br. The van der Waals surface area contributed by atoms with Gasteiger partial charge >= 0.3 is 0 Å². The summed E-state index contributed by atoms with van der Waals surface area (Å²) in [6, 6.07) is 6.37. The van der Waals surface area contributed by atoms with Gasteiger partial charge in [0.15, 0.2) is 0 Å². The Bertz CT molecular complexity index is 412. The van der Waals surface area contributed by atoms with Crippen molar-refractivity contribution in [2.24, 2.45) is 17.1 Å². The van der Waals surface area contributed by atoms with E-state index in [4.69, 9.17) is 10.5 Å². The number of nitrogens with two attached hydrogens (primary N) is 1. The van der Waals surface area contributed by atoms with Crippen LogP contribution in [0.15, 0.2) is 22.7 Å². The Morgan fingerprint density at radius 2 is 1.95 bits per heavy atom. The maximum atomic E-state index is 6.28. The minimum absolute atomic E-state index is 0.203. The summed E-state index contributed by atoms with van der Waals surface area (Å²) in [5.41, 5.74) is 7.85. The maximum Gasteiger partial charge on any atom is 0.133 e. The average molecular weight is 328 g/mol. The molecule has 2 N–H and O–H groups in total. The predicted octanol–water partition coefficient (Wildman–Crippen LogP) is 4.40. The number of methoxy groups -OCH3 is 1. The molecule has 1 aromatic carbocycles. The fraction of sp³-hybridized carbons (Fsp3) is 0.625. The third-order valence-corrected chi connectivity index (χ3v) is 4.47. The maximum absolute atomic E-state index is 6.28. The van der Waals surface area contributed by atoms with Crippen LogP contribution in [-0.4, -0.2) is 13.2 Å². The molecule has 0 fully saturated rings. The van der Waals surface area contributed by atoms with E-state index in [1.54, 1.807) is 7.11 Å². The molecule has 2 nitrogen and oxygen atoms in total. The molecule has 0 spiro atoms. The Balaban J connectivity index is 2.62. The predicted molar refractivity (Wildman–Crippen MR) is 85.6 cm³/mol. The van der Waals surface area contributed by atoms with Gasteiger partial charge < -0.3 is 10.5 Å².